The van der Waals surface area contributed by atoms with Crippen molar-refractivity contribution in [3.05, 3.63) is 29.6 Å². The van der Waals surface area contributed by atoms with Crippen molar-refractivity contribution >= 4 is 22.8 Å². The van der Waals surface area contributed by atoms with Gasteiger partial charge in [0.15, 0.2) is 0 Å². The molecule has 1 aromatic carbocycles. The summed E-state index contributed by atoms with van der Waals surface area (Å²) in [7, 11) is 0. The van der Waals surface area contributed by atoms with Crippen LogP contribution in [0.3, 0.4) is 0 Å². The predicted octanol–water partition coefficient (Wildman–Crippen LogP) is 2.30. The van der Waals surface area contributed by atoms with Crippen molar-refractivity contribution in [3.63, 3.8) is 0 Å². The van der Waals surface area contributed by atoms with Crippen LogP contribution in [0.2, 0.25) is 0 Å². The minimum absolute atomic E-state index is 0.106. The number of H-pyrrole nitrogens is 1. The van der Waals surface area contributed by atoms with Gasteiger partial charge in [-0.25, -0.2) is 4.98 Å². The van der Waals surface area contributed by atoms with E-state index < -0.39 is 24.9 Å². The largest absolute Gasteiger partial charge is 0.389 e. The standard InChI is InChI=1S/C18H18F3N5O2/c19-18(20,21)4-3-16(27)23-8-10-1-2-13-14(5-10)26-15(25-13)9-24-17(28)12-6-11(12)7-22/h1-2,5,11-12H,3-4,6,8-9H2,(H,23,27)(H,24,28)(H,25,26). The molecule has 0 aliphatic heterocycles. The van der Waals surface area contributed by atoms with Gasteiger partial charge in [-0.1, -0.05) is 6.07 Å². The van der Waals surface area contributed by atoms with E-state index in [-0.39, 0.29) is 30.8 Å². The first-order valence-corrected chi connectivity index (χ1v) is 8.73. The number of alkyl halides is 3. The number of carbonyl (C=O) groups is 2. The number of imidazole rings is 1. The number of aromatic amines is 1. The summed E-state index contributed by atoms with van der Waals surface area (Å²) in [4.78, 5) is 30.8. The molecule has 7 nitrogen and oxygen atoms in total. The maximum atomic E-state index is 12.1. The molecule has 2 amide bonds. The normalized spacial score (nSPS) is 18.5. The molecule has 0 bridgehead atoms. The van der Waals surface area contributed by atoms with E-state index in [1.807, 2.05) is 0 Å². The monoisotopic (exact) mass is 393 g/mol. The minimum atomic E-state index is -4.35. The summed E-state index contributed by atoms with van der Waals surface area (Å²) in [5.74, 6) is -0.745. The number of nitrogens with zero attached hydrogens (tertiary/aromatic N) is 2. The minimum Gasteiger partial charge on any atom is -0.352 e. The second-order valence-corrected chi connectivity index (χ2v) is 6.72. The highest BCUT2D eigenvalue weighted by atomic mass is 19.4. The molecule has 1 aliphatic rings. The van der Waals surface area contributed by atoms with Crippen molar-refractivity contribution < 1.29 is 22.8 Å². The lowest BCUT2D eigenvalue weighted by Gasteiger charge is -2.07. The quantitative estimate of drug-likeness (QED) is 0.670. The van der Waals surface area contributed by atoms with E-state index in [9.17, 15) is 22.8 Å². The summed E-state index contributed by atoms with van der Waals surface area (Å²) in [6, 6.07) is 7.24. The zero-order valence-electron chi connectivity index (χ0n) is 14.8. The van der Waals surface area contributed by atoms with Gasteiger partial charge in [-0.05, 0) is 24.1 Å². The fourth-order valence-electron chi connectivity index (χ4n) is 2.78. The van der Waals surface area contributed by atoms with Crippen LogP contribution in [-0.4, -0.2) is 28.0 Å². The van der Waals surface area contributed by atoms with Crippen molar-refractivity contribution in [1.29, 1.82) is 5.26 Å². The van der Waals surface area contributed by atoms with Crippen molar-refractivity contribution in [2.24, 2.45) is 11.8 Å². The Bertz CT molecular complexity index is 931. The molecule has 1 heterocycles. The Labute approximate surface area is 158 Å². The Kier molecular flexibility index (Phi) is 5.53. The van der Waals surface area contributed by atoms with Gasteiger partial charge in [0.1, 0.15) is 5.82 Å². The molecule has 1 fully saturated rings. The molecule has 10 heteroatoms. The number of nitrogens with one attached hydrogen (secondary N) is 3. The van der Waals surface area contributed by atoms with Crippen LogP contribution >= 0.6 is 0 Å². The van der Waals surface area contributed by atoms with Crippen LogP contribution in [0, 0.1) is 23.2 Å². The average molecular weight is 393 g/mol. The summed E-state index contributed by atoms with van der Waals surface area (Å²) in [5.41, 5.74) is 2.06. The molecular weight excluding hydrogens is 375 g/mol. The van der Waals surface area contributed by atoms with Gasteiger partial charge in [-0.3, -0.25) is 9.59 Å². The van der Waals surface area contributed by atoms with Crippen LogP contribution in [-0.2, 0) is 22.7 Å². The second kappa shape index (κ2) is 7.88. The fourth-order valence-corrected chi connectivity index (χ4v) is 2.78. The van der Waals surface area contributed by atoms with E-state index in [1.165, 1.54) is 0 Å². The number of fused-ring (bicyclic) bond motifs is 1. The number of nitriles is 1. The van der Waals surface area contributed by atoms with Gasteiger partial charge in [0.05, 0.1) is 41.9 Å². The molecule has 3 rings (SSSR count). The van der Waals surface area contributed by atoms with Gasteiger partial charge < -0.3 is 15.6 Å². The zero-order valence-corrected chi connectivity index (χ0v) is 14.8. The molecule has 1 saturated carbocycles. The molecule has 2 unspecified atom stereocenters. The lowest BCUT2D eigenvalue weighted by molar-refractivity contribution is -0.144. The van der Waals surface area contributed by atoms with Gasteiger partial charge in [-0.15, -0.1) is 0 Å². The van der Waals surface area contributed by atoms with E-state index in [1.54, 1.807) is 18.2 Å². The van der Waals surface area contributed by atoms with Gasteiger partial charge in [0.2, 0.25) is 11.8 Å². The number of hydrogen-bond donors (Lipinski definition) is 3. The molecule has 2 aromatic rings. The van der Waals surface area contributed by atoms with Crippen LogP contribution in [0.5, 0.6) is 0 Å². The third-order valence-corrected chi connectivity index (χ3v) is 4.44. The molecular formula is C18H18F3N5O2. The van der Waals surface area contributed by atoms with E-state index in [2.05, 4.69) is 26.7 Å². The number of aromatic nitrogens is 2. The van der Waals surface area contributed by atoms with Crippen molar-refractivity contribution in [2.45, 2.75) is 38.5 Å². The molecule has 148 valence electrons. The molecule has 2 atom stereocenters. The number of hydrogen-bond acceptors (Lipinski definition) is 4. The molecule has 0 spiro atoms. The highest BCUT2D eigenvalue weighted by Crippen LogP contribution is 2.37. The van der Waals surface area contributed by atoms with E-state index >= 15 is 0 Å². The Morgan fingerprint density at radius 2 is 2.07 bits per heavy atom. The first kappa shape index (κ1) is 19.7. The van der Waals surface area contributed by atoms with E-state index in [0.717, 1.165) is 0 Å². The Morgan fingerprint density at radius 1 is 1.29 bits per heavy atom. The summed E-state index contributed by atoms with van der Waals surface area (Å²) >= 11 is 0. The SMILES string of the molecule is N#CC1CC1C(=O)NCc1nc2ccc(CNC(=O)CCC(F)(F)F)cc2[nH]1. The summed E-state index contributed by atoms with van der Waals surface area (Å²) in [6.45, 7) is 0.306. The van der Waals surface area contributed by atoms with Crippen LogP contribution in [0.25, 0.3) is 11.0 Å². The van der Waals surface area contributed by atoms with Crippen LogP contribution in [0.15, 0.2) is 18.2 Å². The molecule has 3 N–H and O–H groups in total. The van der Waals surface area contributed by atoms with Crippen LogP contribution in [0.1, 0.15) is 30.7 Å². The molecule has 1 aliphatic carbocycles. The van der Waals surface area contributed by atoms with Crippen molar-refractivity contribution in [3.8, 4) is 6.07 Å². The third kappa shape index (κ3) is 5.22. The maximum Gasteiger partial charge on any atom is 0.389 e. The lowest BCUT2D eigenvalue weighted by Crippen LogP contribution is -2.25. The number of benzene rings is 1. The number of amides is 2. The Balaban J connectivity index is 1.52. The maximum absolute atomic E-state index is 12.1. The second-order valence-electron chi connectivity index (χ2n) is 6.72. The first-order valence-electron chi connectivity index (χ1n) is 8.73. The molecule has 28 heavy (non-hydrogen) atoms. The van der Waals surface area contributed by atoms with Gasteiger partial charge >= 0.3 is 6.18 Å². The topological polar surface area (TPSA) is 111 Å². The summed E-state index contributed by atoms with van der Waals surface area (Å²) in [5, 5.41) is 13.9. The fraction of sp³-hybridized carbons (Fsp3) is 0.444. The zero-order chi connectivity index (χ0) is 20.3. The number of carbonyl (C=O) groups excluding carboxylic acids is 2. The summed E-state index contributed by atoms with van der Waals surface area (Å²) < 4.78 is 36.4. The van der Waals surface area contributed by atoms with Crippen LogP contribution in [0.4, 0.5) is 13.2 Å². The van der Waals surface area contributed by atoms with Crippen LogP contribution < -0.4 is 10.6 Å². The van der Waals surface area contributed by atoms with Crippen molar-refractivity contribution in [2.75, 3.05) is 0 Å². The highest BCUT2D eigenvalue weighted by Gasteiger charge is 2.43. The third-order valence-electron chi connectivity index (χ3n) is 4.44. The van der Waals surface area contributed by atoms with Gasteiger partial charge in [0.25, 0.3) is 0 Å². The highest BCUT2D eigenvalue weighted by molar-refractivity contribution is 5.82. The number of rotatable bonds is 7. The molecule has 1 aromatic heterocycles. The van der Waals surface area contributed by atoms with Gasteiger partial charge in [0, 0.05) is 13.0 Å². The average Bonchev–Trinajstić information content (AvgIpc) is 3.33. The number of halogens is 3. The predicted molar refractivity (Wildman–Crippen MR) is 92.3 cm³/mol. The van der Waals surface area contributed by atoms with E-state index in [0.29, 0.717) is 28.8 Å². The first-order chi connectivity index (χ1) is 13.2. The Morgan fingerprint density at radius 3 is 2.75 bits per heavy atom. The molecule has 0 radical (unpaired) electrons. The Hall–Kier alpha value is -3.09. The van der Waals surface area contributed by atoms with Gasteiger partial charge in [-0.2, -0.15) is 18.4 Å². The summed E-state index contributed by atoms with van der Waals surface area (Å²) in [6.07, 6.45) is -5.52. The van der Waals surface area contributed by atoms with Crippen molar-refractivity contribution in [1.82, 2.24) is 20.6 Å². The van der Waals surface area contributed by atoms with E-state index in [4.69, 9.17) is 5.26 Å². The smallest absolute Gasteiger partial charge is 0.352 e. The lowest BCUT2D eigenvalue weighted by atomic mass is 10.2. The molecule has 0 saturated heterocycles.